The number of aromatic nitrogens is 3. The Bertz CT molecular complexity index is 562. The molecular weight excluding hydrogens is 240 g/mol. The minimum Gasteiger partial charge on any atom is -0.374 e. The molecule has 0 radical (unpaired) electrons. The van der Waals surface area contributed by atoms with Gasteiger partial charge in [-0.15, -0.1) is 0 Å². The van der Waals surface area contributed by atoms with Gasteiger partial charge in [-0.1, -0.05) is 0 Å². The highest BCUT2D eigenvalue weighted by atomic mass is 16.5. The van der Waals surface area contributed by atoms with Crippen LogP contribution in [0, 0.1) is 13.8 Å². The molecule has 0 atom stereocenters. The number of nitrogens with zero attached hydrogens (tertiary/aromatic N) is 3. The van der Waals surface area contributed by atoms with Gasteiger partial charge in [0.15, 0.2) is 0 Å². The van der Waals surface area contributed by atoms with E-state index in [4.69, 9.17) is 10.5 Å². The van der Waals surface area contributed by atoms with E-state index in [1.807, 2.05) is 20.0 Å². The van der Waals surface area contributed by atoms with Crippen molar-refractivity contribution in [2.24, 2.45) is 5.73 Å². The van der Waals surface area contributed by atoms with Crippen LogP contribution in [0.2, 0.25) is 0 Å². The summed E-state index contributed by atoms with van der Waals surface area (Å²) in [7, 11) is 0. The zero-order valence-electron chi connectivity index (χ0n) is 11.9. The molecule has 2 aromatic rings. The van der Waals surface area contributed by atoms with Crippen molar-refractivity contribution in [3.05, 3.63) is 23.3 Å². The molecule has 0 amide bonds. The van der Waals surface area contributed by atoms with Crippen molar-refractivity contribution in [3.8, 4) is 0 Å². The first-order valence-electron chi connectivity index (χ1n) is 6.78. The van der Waals surface area contributed by atoms with Crippen molar-refractivity contribution in [3.63, 3.8) is 0 Å². The molecule has 2 aromatic heterocycles. The lowest BCUT2D eigenvalue weighted by Crippen LogP contribution is -2.10. The van der Waals surface area contributed by atoms with E-state index >= 15 is 0 Å². The Morgan fingerprint density at radius 3 is 2.84 bits per heavy atom. The Labute approximate surface area is 113 Å². The molecule has 2 rings (SSSR count). The van der Waals surface area contributed by atoms with Crippen LogP contribution in [0.15, 0.2) is 6.20 Å². The van der Waals surface area contributed by atoms with Crippen LogP contribution in [-0.2, 0) is 17.9 Å². The molecule has 0 saturated heterocycles. The third-order valence-electron chi connectivity index (χ3n) is 3.37. The molecule has 0 fully saturated rings. The van der Waals surface area contributed by atoms with Crippen LogP contribution in [0.25, 0.3) is 11.0 Å². The highest BCUT2D eigenvalue weighted by Crippen LogP contribution is 2.22. The third kappa shape index (κ3) is 2.77. The molecule has 5 nitrogen and oxygen atoms in total. The van der Waals surface area contributed by atoms with Crippen LogP contribution in [0.1, 0.15) is 30.4 Å². The number of ether oxygens (including phenoxy) is 1. The van der Waals surface area contributed by atoms with Gasteiger partial charge in [-0.3, -0.25) is 4.98 Å². The van der Waals surface area contributed by atoms with Crippen LogP contribution in [0.4, 0.5) is 0 Å². The number of aryl methyl sites for hydroxylation is 3. The van der Waals surface area contributed by atoms with Gasteiger partial charge < -0.3 is 15.0 Å². The van der Waals surface area contributed by atoms with Crippen molar-refractivity contribution >= 4 is 11.0 Å². The lowest BCUT2D eigenvalue weighted by Gasteiger charge is -2.10. The number of hydrogen-bond donors (Lipinski definition) is 1. The summed E-state index contributed by atoms with van der Waals surface area (Å²) in [4.78, 5) is 9.02. The van der Waals surface area contributed by atoms with E-state index in [1.165, 1.54) is 5.56 Å². The Morgan fingerprint density at radius 1 is 1.37 bits per heavy atom. The van der Waals surface area contributed by atoms with Crippen molar-refractivity contribution in [2.75, 3.05) is 13.2 Å². The van der Waals surface area contributed by atoms with Gasteiger partial charge in [0.2, 0.25) is 0 Å². The van der Waals surface area contributed by atoms with E-state index in [9.17, 15) is 0 Å². The Balaban J connectivity index is 2.51. The van der Waals surface area contributed by atoms with Crippen LogP contribution >= 0.6 is 0 Å². The lowest BCUT2D eigenvalue weighted by atomic mass is 10.2. The average Bonchev–Trinajstić information content (AvgIpc) is 2.76. The normalized spacial score (nSPS) is 11.4. The van der Waals surface area contributed by atoms with Crippen molar-refractivity contribution in [2.45, 2.75) is 40.3 Å². The number of fused-ring (bicyclic) bond motifs is 1. The Kier molecular flexibility index (Phi) is 4.50. The summed E-state index contributed by atoms with van der Waals surface area (Å²) in [6.07, 6.45) is 2.78. The zero-order valence-corrected chi connectivity index (χ0v) is 11.9. The summed E-state index contributed by atoms with van der Waals surface area (Å²) in [5.41, 5.74) is 9.96. The van der Waals surface area contributed by atoms with Gasteiger partial charge in [0.1, 0.15) is 17.9 Å². The topological polar surface area (TPSA) is 66.0 Å². The van der Waals surface area contributed by atoms with Crippen molar-refractivity contribution in [1.29, 1.82) is 0 Å². The Morgan fingerprint density at radius 2 is 2.16 bits per heavy atom. The van der Waals surface area contributed by atoms with Gasteiger partial charge in [0, 0.05) is 18.8 Å². The van der Waals surface area contributed by atoms with Crippen molar-refractivity contribution < 1.29 is 4.74 Å². The predicted molar refractivity (Wildman–Crippen MR) is 76.0 cm³/mol. The predicted octanol–water partition coefficient (Wildman–Crippen LogP) is 1.93. The maximum atomic E-state index is 5.63. The fourth-order valence-electron chi connectivity index (χ4n) is 2.22. The summed E-state index contributed by atoms with van der Waals surface area (Å²) in [5.74, 6) is 0.959. The van der Waals surface area contributed by atoms with E-state index in [0.717, 1.165) is 35.5 Å². The van der Waals surface area contributed by atoms with E-state index in [0.29, 0.717) is 19.8 Å². The van der Waals surface area contributed by atoms with Gasteiger partial charge in [0.05, 0.1) is 11.7 Å². The minimum atomic E-state index is 0.536. The largest absolute Gasteiger partial charge is 0.374 e. The first kappa shape index (κ1) is 14.0. The standard InChI is InChI=1S/C14H22N4O/c1-4-19-9-13-17-12-8-16-11(3)10(2)14(12)18(13)7-5-6-15/h8H,4-7,9,15H2,1-3H3. The average molecular weight is 262 g/mol. The number of pyridine rings is 1. The van der Waals surface area contributed by atoms with E-state index in [1.54, 1.807) is 0 Å². The lowest BCUT2D eigenvalue weighted by molar-refractivity contribution is 0.126. The highest BCUT2D eigenvalue weighted by Gasteiger charge is 2.14. The van der Waals surface area contributed by atoms with Crippen LogP contribution in [0.3, 0.4) is 0 Å². The molecule has 0 saturated carbocycles. The summed E-state index contributed by atoms with van der Waals surface area (Å²) in [6.45, 7) is 8.89. The molecule has 5 heteroatoms. The molecule has 0 spiro atoms. The SMILES string of the molecule is CCOCc1nc2cnc(C)c(C)c2n1CCCN. The first-order valence-corrected chi connectivity index (χ1v) is 6.78. The Hall–Kier alpha value is -1.46. The zero-order chi connectivity index (χ0) is 13.8. The molecule has 0 aliphatic rings. The molecule has 0 aromatic carbocycles. The number of nitrogens with two attached hydrogens (primary N) is 1. The fraction of sp³-hybridized carbons (Fsp3) is 0.571. The second-order valence-electron chi connectivity index (χ2n) is 4.66. The van der Waals surface area contributed by atoms with Gasteiger partial charge in [-0.05, 0) is 39.3 Å². The van der Waals surface area contributed by atoms with E-state index < -0.39 is 0 Å². The first-order chi connectivity index (χ1) is 9.19. The summed E-state index contributed by atoms with van der Waals surface area (Å²) in [6, 6.07) is 0. The molecule has 2 heterocycles. The molecule has 0 aliphatic carbocycles. The van der Waals surface area contributed by atoms with Gasteiger partial charge in [-0.25, -0.2) is 4.98 Å². The fourth-order valence-corrected chi connectivity index (χ4v) is 2.22. The van der Waals surface area contributed by atoms with Gasteiger partial charge in [0.25, 0.3) is 0 Å². The van der Waals surface area contributed by atoms with Crippen molar-refractivity contribution in [1.82, 2.24) is 14.5 Å². The number of imidazole rings is 1. The van der Waals surface area contributed by atoms with Crippen LogP contribution < -0.4 is 5.73 Å². The van der Waals surface area contributed by atoms with E-state index in [2.05, 4.69) is 21.5 Å². The molecule has 19 heavy (non-hydrogen) atoms. The summed E-state index contributed by atoms with van der Waals surface area (Å²) < 4.78 is 7.73. The van der Waals surface area contributed by atoms with Gasteiger partial charge in [-0.2, -0.15) is 0 Å². The summed E-state index contributed by atoms with van der Waals surface area (Å²) >= 11 is 0. The minimum absolute atomic E-state index is 0.536. The molecule has 2 N–H and O–H groups in total. The molecular formula is C14H22N4O. The summed E-state index contributed by atoms with van der Waals surface area (Å²) in [5, 5.41) is 0. The molecule has 0 unspecified atom stereocenters. The highest BCUT2D eigenvalue weighted by molar-refractivity contribution is 5.79. The monoisotopic (exact) mass is 262 g/mol. The van der Waals surface area contributed by atoms with Gasteiger partial charge >= 0.3 is 0 Å². The second-order valence-corrected chi connectivity index (χ2v) is 4.66. The molecule has 104 valence electrons. The maximum Gasteiger partial charge on any atom is 0.136 e. The quantitative estimate of drug-likeness (QED) is 0.864. The van der Waals surface area contributed by atoms with Crippen LogP contribution in [0.5, 0.6) is 0 Å². The smallest absolute Gasteiger partial charge is 0.136 e. The van der Waals surface area contributed by atoms with Crippen LogP contribution in [-0.4, -0.2) is 27.7 Å². The number of rotatable bonds is 6. The third-order valence-corrected chi connectivity index (χ3v) is 3.37. The maximum absolute atomic E-state index is 5.63. The molecule has 0 bridgehead atoms. The molecule has 0 aliphatic heterocycles. The number of hydrogen-bond acceptors (Lipinski definition) is 4. The second kappa shape index (κ2) is 6.12. The van der Waals surface area contributed by atoms with E-state index in [-0.39, 0.29) is 0 Å².